The second kappa shape index (κ2) is 7.45. The third-order valence-electron chi connectivity index (χ3n) is 2.53. The molecule has 1 atom stereocenters. The molecule has 0 saturated carbocycles. The summed E-state index contributed by atoms with van der Waals surface area (Å²) in [6, 6.07) is 8.72. The molecule has 0 aliphatic heterocycles. The van der Waals surface area contributed by atoms with Crippen LogP contribution in [0.15, 0.2) is 30.3 Å². The molecule has 0 aromatic heterocycles. The first-order valence-electron chi connectivity index (χ1n) is 5.99. The van der Waals surface area contributed by atoms with Crippen molar-refractivity contribution in [1.29, 1.82) is 0 Å². The van der Waals surface area contributed by atoms with Gasteiger partial charge in [-0.05, 0) is 18.6 Å². The summed E-state index contributed by atoms with van der Waals surface area (Å²) < 4.78 is 0. The van der Waals surface area contributed by atoms with Crippen molar-refractivity contribution in [3.8, 4) is 0 Å². The Balaban J connectivity index is 2.28. The molecule has 18 heavy (non-hydrogen) atoms. The average Bonchev–Trinajstić information content (AvgIpc) is 2.42. The van der Waals surface area contributed by atoms with E-state index in [9.17, 15) is 9.59 Å². The first-order chi connectivity index (χ1) is 8.63. The van der Waals surface area contributed by atoms with Crippen molar-refractivity contribution in [3.05, 3.63) is 35.9 Å². The second-order valence-electron chi connectivity index (χ2n) is 4.02. The Kier molecular flexibility index (Phi) is 5.87. The van der Waals surface area contributed by atoms with Gasteiger partial charge in [0.25, 0.3) is 5.91 Å². The molecule has 4 N–H and O–H groups in total. The minimum atomic E-state index is -0.259. The molecule has 5 nitrogen and oxygen atoms in total. The van der Waals surface area contributed by atoms with Gasteiger partial charge in [0.05, 0.1) is 6.54 Å². The Morgan fingerprint density at radius 3 is 2.50 bits per heavy atom. The molecule has 0 heterocycles. The molecular formula is C13H19N3O2. The van der Waals surface area contributed by atoms with E-state index in [1.807, 2.05) is 13.0 Å². The first kappa shape index (κ1) is 14.2. The van der Waals surface area contributed by atoms with Crippen LogP contribution in [0.5, 0.6) is 0 Å². The molecule has 0 saturated heterocycles. The van der Waals surface area contributed by atoms with Gasteiger partial charge in [-0.2, -0.15) is 0 Å². The molecule has 0 fully saturated rings. The van der Waals surface area contributed by atoms with Gasteiger partial charge >= 0.3 is 0 Å². The van der Waals surface area contributed by atoms with Crippen LogP contribution in [0.4, 0.5) is 0 Å². The van der Waals surface area contributed by atoms with Crippen LogP contribution in [0.1, 0.15) is 23.7 Å². The zero-order valence-corrected chi connectivity index (χ0v) is 10.5. The molecule has 98 valence electrons. The number of hydrogen-bond acceptors (Lipinski definition) is 3. The highest BCUT2D eigenvalue weighted by Crippen LogP contribution is 1.97. The average molecular weight is 249 g/mol. The van der Waals surface area contributed by atoms with Gasteiger partial charge in [-0.3, -0.25) is 9.59 Å². The van der Waals surface area contributed by atoms with E-state index < -0.39 is 0 Å². The Hall–Kier alpha value is -1.88. The number of benzene rings is 1. The number of hydrogen-bond donors (Lipinski definition) is 3. The largest absolute Gasteiger partial charge is 0.353 e. The van der Waals surface area contributed by atoms with Gasteiger partial charge in [0.1, 0.15) is 0 Å². The maximum absolute atomic E-state index is 11.6. The van der Waals surface area contributed by atoms with Crippen LogP contribution in [0.3, 0.4) is 0 Å². The SMILES string of the molecule is CCC(N)CNC(=O)CNC(=O)c1ccccc1. The van der Waals surface area contributed by atoms with E-state index in [4.69, 9.17) is 5.73 Å². The van der Waals surface area contributed by atoms with Crippen LogP contribution in [0, 0.1) is 0 Å². The Morgan fingerprint density at radius 1 is 1.22 bits per heavy atom. The fourth-order valence-electron chi connectivity index (χ4n) is 1.30. The Labute approximate surface area is 107 Å². The molecule has 0 aliphatic rings. The summed E-state index contributed by atoms with van der Waals surface area (Å²) >= 11 is 0. The fourth-order valence-corrected chi connectivity index (χ4v) is 1.30. The lowest BCUT2D eigenvalue weighted by Gasteiger charge is -2.10. The minimum absolute atomic E-state index is 0.0375. The summed E-state index contributed by atoms with van der Waals surface area (Å²) in [4.78, 5) is 23.0. The van der Waals surface area contributed by atoms with Gasteiger partial charge < -0.3 is 16.4 Å². The molecule has 0 aliphatic carbocycles. The molecule has 1 aromatic rings. The van der Waals surface area contributed by atoms with Crippen LogP contribution in [0.25, 0.3) is 0 Å². The smallest absolute Gasteiger partial charge is 0.251 e. The monoisotopic (exact) mass is 249 g/mol. The standard InChI is InChI=1S/C13H19N3O2/c1-2-11(14)8-15-12(17)9-16-13(18)10-6-4-3-5-7-10/h3-7,11H,2,8-9,14H2,1H3,(H,15,17)(H,16,18). The lowest BCUT2D eigenvalue weighted by Crippen LogP contribution is -2.42. The first-order valence-corrected chi connectivity index (χ1v) is 5.99. The summed E-state index contributed by atoms with van der Waals surface area (Å²) in [7, 11) is 0. The van der Waals surface area contributed by atoms with E-state index in [1.54, 1.807) is 24.3 Å². The zero-order valence-electron chi connectivity index (χ0n) is 10.5. The molecule has 2 amide bonds. The van der Waals surface area contributed by atoms with Gasteiger partial charge in [-0.25, -0.2) is 0 Å². The normalized spacial score (nSPS) is 11.7. The predicted octanol–water partition coefficient (Wildman–Crippen LogP) is 0.270. The summed E-state index contributed by atoms with van der Waals surface area (Å²) in [6.45, 7) is 2.34. The van der Waals surface area contributed by atoms with Crippen molar-refractivity contribution >= 4 is 11.8 Å². The summed E-state index contributed by atoms with van der Waals surface area (Å²) in [5.74, 6) is -0.492. The van der Waals surface area contributed by atoms with Crippen molar-refractivity contribution < 1.29 is 9.59 Å². The number of nitrogens with one attached hydrogen (secondary N) is 2. The number of amides is 2. The van der Waals surface area contributed by atoms with Crippen molar-refractivity contribution in [3.63, 3.8) is 0 Å². The van der Waals surface area contributed by atoms with Crippen molar-refractivity contribution in [2.75, 3.05) is 13.1 Å². The van der Waals surface area contributed by atoms with Gasteiger partial charge in [-0.1, -0.05) is 25.1 Å². The van der Waals surface area contributed by atoms with E-state index >= 15 is 0 Å². The number of rotatable bonds is 6. The Bertz CT molecular complexity index is 392. The quantitative estimate of drug-likeness (QED) is 0.676. The lowest BCUT2D eigenvalue weighted by molar-refractivity contribution is -0.120. The van der Waals surface area contributed by atoms with Crippen LogP contribution in [-0.4, -0.2) is 30.9 Å². The highest BCUT2D eigenvalue weighted by atomic mass is 16.2. The highest BCUT2D eigenvalue weighted by molar-refractivity contribution is 5.96. The second-order valence-corrected chi connectivity index (χ2v) is 4.02. The molecular weight excluding hydrogens is 230 g/mol. The molecule has 1 aromatic carbocycles. The van der Waals surface area contributed by atoms with Crippen LogP contribution in [-0.2, 0) is 4.79 Å². The Morgan fingerprint density at radius 2 is 1.89 bits per heavy atom. The van der Waals surface area contributed by atoms with E-state index in [-0.39, 0.29) is 24.4 Å². The highest BCUT2D eigenvalue weighted by Gasteiger charge is 2.07. The van der Waals surface area contributed by atoms with Gasteiger partial charge in [0.2, 0.25) is 5.91 Å². The molecule has 5 heteroatoms. The van der Waals surface area contributed by atoms with Gasteiger partial charge in [0, 0.05) is 18.2 Å². The molecule has 0 radical (unpaired) electrons. The minimum Gasteiger partial charge on any atom is -0.353 e. The van der Waals surface area contributed by atoms with E-state index in [0.29, 0.717) is 12.1 Å². The summed E-state index contributed by atoms with van der Waals surface area (Å²) in [5.41, 5.74) is 6.20. The van der Waals surface area contributed by atoms with Crippen LogP contribution >= 0.6 is 0 Å². The van der Waals surface area contributed by atoms with E-state index in [1.165, 1.54) is 0 Å². The summed E-state index contributed by atoms with van der Waals surface area (Å²) in [5, 5.41) is 5.21. The fraction of sp³-hybridized carbons (Fsp3) is 0.385. The third kappa shape index (κ3) is 4.97. The van der Waals surface area contributed by atoms with Crippen LogP contribution in [0.2, 0.25) is 0 Å². The van der Waals surface area contributed by atoms with Crippen molar-refractivity contribution in [1.82, 2.24) is 10.6 Å². The van der Waals surface area contributed by atoms with Crippen molar-refractivity contribution in [2.45, 2.75) is 19.4 Å². The van der Waals surface area contributed by atoms with E-state index in [2.05, 4.69) is 10.6 Å². The molecule has 0 bridgehead atoms. The predicted molar refractivity (Wildman–Crippen MR) is 70.1 cm³/mol. The molecule has 0 spiro atoms. The van der Waals surface area contributed by atoms with Gasteiger partial charge in [0.15, 0.2) is 0 Å². The third-order valence-corrected chi connectivity index (χ3v) is 2.53. The van der Waals surface area contributed by atoms with E-state index in [0.717, 1.165) is 6.42 Å². The topological polar surface area (TPSA) is 84.2 Å². The summed E-state index contributed by atoms with van der Waals surface area (Å²) in [6.07, 6.45) is 0.802. The zero-order chi connectivity index (χ0) is 13.4. The van der Waals surface area contributed by atoms with Crippen molar-refractivity contribution in [2.24, 2.45) is 5.73 Å². The number of carbonyl (C=O) groups excluding carboxylic acids is 2. The maximum Gasteiger partial charge on any atom is 0.251 e. The molecule has 1 rings (SSSR count). The lowest BCUT2D eigenvalue weighted by atomic mass is 10.2. The molecule has 1 unspecified atom stereocenters. The number of carbonyl (C=O) groups is 2. The van der Waals surface area contributed by atoms with Gasteiger partial charge in [-0.15, -0.1) is 0 Å². The number of nitrogens with two attached hydrogens (primary N) is 1. The maximum atomic E-state index is 11.6. The van der Waals surface area contributed by atoms with Crippen LogP contribution < -0.4 is 16.4 Å².